The number of allylic oxidation sites excluding steroid dienone is 1. The highest BCUT2D eigenvalue weighted by atomic mass is 32.1. The van der Waals surface area contributed by atoms with E-state index in [4.69, 9.17) is 0 Å². The van der Waals surface area contributed by atoms with E-state index in [9.17, 15) is 18.0 Å². The molecule has 0 unspecified atom stereocenters. The smallest absolute Gasteiger partial charge is 0.342 e. The highest BCUT2D eigenvalue weighted by molar-refractivity contribution is 7.85. The SMILES string of the molecule is C/C=C(\S)C(=O)NCC(F)(F)F.CC.CC. The van der Waals surface area contributed by atoms with Gasteiger partial charge in [-0.25, -0.2) is 0 Å². The summed E-state index contributed by atoms with van der Waals surface area (Å²) in [6.07, 6.45) is -3.06. The molecule has 0 rings (SSSR count). The monoisotopic (exact) mass is 259 g/mol. The molecule has 0 radical (unpaired) electrons. The van der Waals surface area contributed by atoms with Crippen molar-refractivity contribution in [3.05, 3.63) is 11.0 Å². The van der Waals surface area contributed by atoms with Crippen molar-refractivity contribution in [3.8, 4) is 0 Å². The average molecular weight is 259 g/mol. The number of hydrogen-bond acceptors (Lipinski definition) is 2. The maximum absolute atomic E-state index is 11.5. The van der Waals surface area contributed by atoms with E-state index in [0.717, 1.165) is 0 Å². The molecular formula is C10H20F3NOS. The maximum Gasteiger partial charge on any atom is 0.405 e. The van der Waals surface area contributed by atoms with Gasteiger partial charge in [-0.2, -0.15) is 13.2 Å². The average Bonchev–Trinajstić information content (AvgIpc) is 2.29. The van der Waals surface area contributed by atoms with E-state index in [-0.39, 0.29) is 4.91 Å². The van der Waals surface area contributed by atoms with Crippen molar-refractivity contribution in [2.24, 2.45) is 0 Å². The van der Waals surface area contributed by atoms with Crippen LogP contribution in [-0.2, 0) is 4.79 Å². The van der Waals surface area contributed by atoms with Crippen LogP contribution in [0.2, 0.25) is 0 Å². The van der Waals surface area contributed by atoms with Gasteiger partial charge in [-0.1, -0.05) is 33.8 Å². The van der Waals surface area contributed by atoms with Crippen LogP contribution in [0.4, 0.5) is 13.2 Å². The normalized spacial score (nSPS) is 10.4. The Labute approximate surface area is 101 Å². The van der Waals surface area contributed by atoms with E-state index in [2.05, 4.69) is 12.6 Å². The van der Waals surface area contributed by atoms with Crippen LogP contribution in [0.1, 0.15) is 34.6 Å². The van der Waals surface area contributed by atoms with Gasteiger partial charge in [0.05, 0.1) is 4.91 Å². The van der Waals surface area contributed by atoms with Crippen LogP contribution in [0.15, 0.2) is 11.0 Å². The molecule has 0 aromatic carbocycles. The zero-order valence-corrected chi connectivity index (χ0v) is 11.2. The van der Waals surface area contributed by atoms with E-state index in [1.165, 1.54) is 13.0 Å². The fourth-order valence-corrected chi connectivity index (χ4v) is 0.481. The first-order valence-corrected chi connectivity index (χ1v) is 5.52. The highest BCUT2D eigenvalue weighted by Gasteiger charge is 2.27. The third-order valence-corrected chi connectivity index (χ3v) is 1.42. The third-order valence-electron chi connectivity index (χ3n) is 0.955. The second-order valence-electron chi connectivity index (χ2n) is 1.97. The maximum atomic E-state index is 11.5. The van der Waals surface area contributed by atoms with Gasteiger partial charge in [-0.3, -0.25) is 4.79 Å². The molecule has 0 aliphatic heterocycles. The molecule has 0 fully saturated rings. The topological polar surface area (TPSA) is 29.1 Å². The Morgan fingerprint density at radius 1 is 1.25 bits per heavy atom. The van der Waals surface area contributed by atoms with Gasteiger partial charge in [0, 0.05) is 0 Å². The number of hydrogen-bond donors (Lipinski definition) is 2. The Hall–Kier alpha value is -0.650. The Kier molecular flexibility index (Phi) is 16.1. The summed E-state index contributed by atoms with van der Waals surface area (Å²) in [4.78, 5) is 10.6. The molecule has 1 amide bonds. The van der Waals surface area contributed by atoms with E-state index in [1.54, 1.807) is 5.32 Å². The van der Waals surface area contributed by atoms with Crippen molar-refractivity contribution in [2.45, 2.75) is 40.8 Å². The van der Waals surface area contributed by atoms with Gasteiger partial charge < -0.3 is 5.32 Å². The van der Waals surface area contributed by atoms with Gasteiger partial charge in [-0.15, -0.1) is 12.6 Å². The lowest BCUT2D eigenvalue weighted by Crippen LogP contribution is -2.33. The second-order valence-corrected chi connectivity index (χ2v) is 2.45. The van der Waals surface area contributed by atoms with Crippen molar-refractivity contribution < 1.29 is 18.0 Å². The summed E-state index contributed by atoms with van der Waals surface area (Å²) in [7, 11) is 0. The number of amides is 1. The molecule has 0 saturated carbocycles. The summed E-state index contributed by atoms with van der Waals surface area (Å²) in [6.45, 7) is 8.18. The molecule has 0 aromatic rings. The summed E-state index contributed by atoms with van der Waals surface area (Å²) in [5.41, 5.74) is 0. The summed E-state index contributed by atoms with van der Waals surface area (Å²) in [6, 6.07) is 0. The van der Waals surface area contributed by atoms with Gasteiger partial charge in [0.1, 0.15) is 6.54 Å². The first-order valence-electron chi connectivity index (χ1n) is 5.07. The summed E-state index contributed by atoms with van der Waals surface area (Å²) in [5.74, 6) is -0.821. The molecule has 16 heavy (non-hydrogen) atoms. The lowest BCUT2D eigenvalue weighted by molar-refractivity contribution is -0.135. The molecule has 0 saturated heterocycles. The molecule has 0 aliphatic carbocycles. The molecule has 0 heterocycles. The number of nitrogens with one attached hydrogen (secondary N) is 1. The molecule has 0 spiro atoms. The minimum Gasteiger partial charge on any atom is -0.342 e. The number of rotatable bonds is 2. The molecule has 0 aromatic heterocycles. The van der Waals surface area contributed by atoms with Crippen molar-refractivity contribution in [3.63, 3.8) is 0 Å². The van der Waals surface area contributed by atoms with E-state index >= 15 is 0 Å². The first-order chi connectivity index (χ1) is 7.37. The summed E-state index contributed by atoms with van der Waals surface area (Å²) >= 11 is 3.64. The molecular weight excluding hydrogens is 239 g/mol. The van der Waals surface area contributed by atoms with Crippen molar-refractivity contribution in [1.82, 2.24) is 5.32 Å². The molecule has 1 N–H and O–H groups in total. The van der Waals surface area contributed by atoms with Crippen LogP contribution in [0, 0.1) is 0 Å². The lowest BCUT2D eigenvalue weighted by Gasteiger charge is -2.07. The van der Waals surface area contributed by atoms with Gasteiger partial charge in [0.25, 0.3) is 5.91 Å². The van der Waals surface area contributed by atoms with E-state index < -0.39 is 18.6 Å². The van der Waals surface area contributed by atoms with Crippen molar-refractivity contribution >= 4 is 18.5 Å². The summed E-state index contributed by atoms with van der Waals surface area (Å²) in [5, 5.41) is 1.66. The largest absolute Gasteiger partial charge is 0.405 e. The zero-order chi connectivity index (χ0) is 13.8. The Morgan fingerprint density at radius 2 is 1.62 bits per heavy atom. The fraction of sp³-hybridized carbons (Fsp3) is 0.700. The summed E-state index contributed by atoms with van der Waals surface area (Å²) < 4.78 is 34.6. The first kappa shape index (κ1) is 20.7. The molecule has 0 atom stereocenters. The standard InChI is InChI=1S/C6H8F3NOS.2C2H6/c1-2-4(12)5(11)10-3-6(7,8)9;2*1-2/h2,12H,3H2,1H3,(H,10,11);2*1-2H3/b4-2-;;. The van der Waals surface area contributed by atoms with Crippen LogP contribution >= 0.6 is 12.6 Å². The molecule has 6 heteroatoms. The third kappa shape index (κ3) is 15.8. The quantitative estimate of drug-likeness (QED) is 0.576. The molecule has 0 bridgehead atoms. The fourth-order valence-electron chi connectivity index (χ4n) is 0.402. The lowest BCUT2D eigenvalue weighted by atomic mass is 10.4. The number of thiol groups is 1. The van der Waals surface area contributed by atoms with Crippen molar-refractivity contribution in [1.29, 1.82) is 0 Å². The minimum absolute atomic E-state index is 0.0285. The number of carbonyl (C=O) groups excluding carboxylic acids is 1. The number of alkyl halides is 3. The molecule has 2 nitrogen and oxygen atoms in total. The van der Waals surface area contributed by atoms with Crippen LogP contribution in [-0.4, -0.2) is 18.6 Å². The van der Waals surface area contributed by atoms with Crippen LogP contribution < -0.4 is 5.32 Å². The second kappa shape index (κ2) is 12.4. The van der Waals surface area contributed by atoms with E-state index in [1.807, 2.05) is 27.7 Å². The number of carbonyl (C=O) groups is 1. The van der Waals surface area contributed by atoms with Gasteiger partial charge in [-0.05, 0) is 6.92 Å². The predicted molar refractivity (Wildman–Crippen MR) is 64.5 cm³/mol. The van der Waals surface area contributed by atoms with Crippen LogP contribution in [0.5, 0.6) is 0 Å². The van der Waals surface area contributed by atoms with Gasteiger partial charge in [0.15, 0.2) is 0 Å². The minimum atomic E-state index is -4.38. The van der Waals surface area contributed by atoms with Crippen LogP contribution in [0.25, 0.3) is 0 Å². The van der Waals surface area contributed by atoms with Gasteiger partial charge >= 0.3 is 6.18 Å². The zero-order valence-electron chi connectivity index (χ0n) is 10.3. The predicted octanol–water partition coefficient (Wildman–Crippen LogP) is 3.55. The Balaban J connectivity index is -0.000000376. The number of halogens is 3. The van der Waals surface area contributed by atoms with Gasteiger partial charge in [0.2, 0.25) is 0 Å². The van der Waals surface area contributed by atoms with E-state index in [0.29, 0.717) is 0 Å². The highest BCUT2D eigenvalue weighted by Crippen LogP contribution is 2.12. The molecule has 98 valence electrons. The Morgan fingerprint density at radius 3 is 1.88 bits per heavy atom. The molecule has 0 aliphatic rings. The Bertz CT molecular complexity index is 203. The van der Waals surface area contributed by atoms with Crippen LogP contribution in [0.3, 0.4) is 0 Å². The van der Waals surface area contributed by atoms with Crippen molar-refractivity contribution in [2.75, 3.05) is 6.54 Å².